The van der Waals surface area contributed by atoms with Gasteiger partial charge in [0.25, 0.3) is 0 Å². The molecule has 1 aliphatic rings. The Morgan fingerprint density at radius 1 is 1.07 bits per heavy atom. The molecule has 0 amide bonds. The molecule has 0 saturated heterocycles. The fourth-order valence-corrected chi connectivity index (χ4v) is 2.06. The summed E-state index contributed by atoms with van der Waals surface area (Å²) < 4.78 is 36.9. The Kier molecular flexibility index (Phi) is 2.28. The highest BCUT2D eigenvalue weighted by Gasteiger charge is 2.35. The van der Waals surface area contributed by atoms with Crippen LogP contribution in [0.3, 0.4) is 0 Å². The molecule has 3 heteroatoms. The second-order valence-electron chi connectivity index (χ2n) is 4.49. The fraction of sp³-hybridized carbons (Fsp3) is 0.500. The second kappa shape index (κ2) is 3.26. The van der Waals surface area contributed by atoms with Crippen LogP contribution in [0, 0.1) is 0 Å². The summed E-state index contributed by atoms with van der Waals surface area (Å²) in [7, 11) is 0. The summed E-state index contributed by atoms with van der Waals surface area (Å²) in [6.07, 6.45) is -0.882. The molecular weight excluding hydrogens is 201 g/mol. The van der Waals surface area contributed by atoms with E-state index >= 15 is 0 Å². The maximum absolute atomic E-state index is 12.3. The van der Waals surface area contributed by atoms with E-state index in [2.05, 4.69) is 6.92 Å². The molecule has 2 rings (SSSR count). The first-order valence-electron chi connectivity index (χ1n) is 5.10. The number of rotatable bonds is 1. The van der Waals surface area contributed by atoms with Crippen LogP contribution in [-0.2, 0) is 11.6 Å². The van der Waals surface area contributed by atoms with Crippen LogP contribution in [0.5, 0.6) is 0 Å². The van der Waals surface area contributed by atoms with Crippen LogP contribution in [0.25, 0.3) is 0 Å². The van der Waals surface area contributed by atoms with Gasteiger partial charge in [0.1, 0.15) is 0 Å². The summed E-state index contributed by atoms with van der Waals surface area (Å²) in [5.41, 5.74) is 0.584. The van der Waals surface area contributed by atoms with Crippen LogP contribution >= 0.6 is 0 Å². The molecule has 0 unspecified atom stereocenters. The average molecular weight is 214 g/mol. The van der Waals surface area contributed by atoms with E-state index in [4.69, 9.17) is 0 Å². The predicted octanol–water partition coefficient (Wildman–Crippen LogP) is 4.15. The van der Waals surface area contributed by atoms with E-state index in [0.717, 1.165) is 18.4 Å². The third-order valence-corrected chi connectivity index (χ3v) is 3.37. The van der Waals surface area contributed by atoms with Gasteiger partial charge in [-0.15, -0.1) is 0 Å². The lowest BCUT2D eigenvalue weighted by Crippen LogP contribution is -2.30. The zero-order chi connectivity index (χ0) is 11.1. The van der Waals surface area contributed by atoms with Gasteiger partial charge in [-0.05, 0) is 36.0 Å². The maximum atomic E-state index is 12.3. The Labute approximate surface area is 87.1 Å². The third-order valence-electron chi connectivity index (χ3n) is 3.37. The van der Waals surface area contributed by atoms with Gasteiger partial charge in [0.2, 0.25) is 0 Å². The van der Waals surface area contributed by atoms with Crippen molar-refractivity contribution in [1.82, 2.24) is 0 Å². The molecule has 15 heavy (non-hydrogen) atoms. The van der Waals surface area contributed by atoms with Crippen LogP contribution in [0.1, 0.15) is 37.3 Å². The molecule has 1 aliphatic carbocycles. The first-order valence-corrected chi connectivity index (χ1v) is 5.10. The SMILES string of the molecule is CC1(c2ccc(C(F)(F)F)cc2)CCC1. The number of alkyl halides is 3. The molecule has 1 aromatic rings. The summed E-state index contributed by atoms with van der Waals surface area (Å²) in [6, 6.07) is 5.59. The van der Waals surface area contributed by atoms with Crippen LogP contribution in [0.15, 0.2) is 24.3 Å². The van der Waals surface area contributed by atoms with Gasteiger partial charge in [-0.2, -0.15) is 13.2 Å². The molecule has 0 aliphatic heterocycles. The van der Waals surface area contributed by atoms with Crippen molar-refractivity contribution in [2.45, 2.75) is 37.8 Å². The van der Waals surface area contributed by atoms with Crippen molar-refractivity contribution in [2.24, 2.45) is 0 Å². The third kappa shape index (κ3) is 1.87. The van der Waals surface area contributed by atoms with Crippen molar-refractivity contribution in [3.05, 3.63) is 35.4 Å². The lowest BCUT2D eigenvalue weighted by atomic mass is 9.66. The minimum absolute atomic E-state index is 0.115. The quantitative estimate of drug-likeness (QED) is 0.658. The topological polar surface area (TPSA) is 0 Å². The van der Waals surface area contributed by atoms with E-state index in [1.54, 1.807) is 12.1 Å². The van der Waals surface area contributed by atoms with Gasteiger partial charge in [-0.3, -0.25) is 0 Å². The molecule has 0 radical (unpaired) electrons. The predicted molar refractivity (Wildman–Crippen MR) is 52.6 cm³/mol. The van der Waals surface area contributed by atoms with Gasteiger partial charge in [0, 0.05) is 0 Å². The van der Waals surface area contributed by atoms with E-state index in [-0.39, 0.29) is 5.41 Å². The summed E-state index contributed by atoms with van der Waals surface area (Å²) in [5.74, 6) is 0. The van der Waals surface area contributed by atoms with Gasteiger partial charge >= 0.3 is 6.18 Å². The normalized spacial score (nSPS) is 19.7. The number of halogens is 3. The smallest absolute Gasteiger partial charge is 0.166 e. The Hall–Kier alpha value is -0.990. The molecule has 0 spiro atoms. The Morgan fingerprint density at radius 2 is 1.60 bits per heavy atom. The molecular formula is C12H13F3. The maximum Gasteiger partial charge on any atom is 0.416 e. The van der Waals surface area contributed by atoms with E-state index in [9.17, 15) is 13.2 Å². The van der Waals surface area contributed by atoms with Crippen molar-refractivity contribution in [3.8, 4) is 0 Å². The highest BCUT2D eigenvalue weighted by Crippen LogP contribution is 2.43. The lowest BCUT2D eigenvalue weighted by molar-refractivity contribution is -0.137. The molecule has 1 saturated carbocycles. The van der Waals surface area contributed by atoms with Crippen molar-refractivity contribution in [1.29, 1.82) is 0 Å². The zero-order valence-corrected chi connectivity index (χ0v) is 8.56. The molecule has 0 N–H and O–H groups in total. The van der Waals surface area contributed by atoms with E-state index in [1.807, 2.05) is 0 Å². The molecule has 0 heterocycles. The molecule has 0 aromatic heterocycles. The van der Waals surface area contributed by atoms with Gasteiger partial charge in [0.15, 0.2) is 0 Å². The van der Waals surface area contributed by atoms with E-state index in [1.165, 1.54) is 18.6 Å². The van der Waals surface area contributed by atoms with Gasteiger partial charge < -0.3 is 0 Å². The highest BCUT2D eigenvalue weighted by molar-refractivity contribution is 5.31. The minimum atomic E-state index is -4.22. The average Bonchev–Trinajstić information content (AvgIpc) is 2.13. The van der Waals surface area contributed by atoms with Crippen molar-refractivity contribution >= 4 is 0 Å². The van der Waals surface area contributed by atoms with Crippen LogP contribution < -0.4 is 0 Å². The first kappa shape index (κ1) is 10.5. The fourth-order valence-electron chi connectivity index (χ4n) is 2.06. The highest BCUT2D eigenvalue weighted by atomic mass is 19.4. The Bertz CT molecular complexity index is 344. The summed E-state index contributed by atoms with van der Waals surface area (Å²) in [6.45, 7) is 2.11. The van der Waals surface area contributed by atoms with Crippen LogP contribution in [-0.4, -0.2) is 0 Å². The number of hydrogen-bond donors (Lipinski definition) is 0. The minimum Gasteiger partial charge on any atom is -0.166 e. The van der Waals surface area contributed by atoms with Crippen LogP contribution in [0.4, 0.5) is 13.2 Å². The van der Waals surface area contributed by atoms with Crippen molar-refractivity contribution < 1.29 is 13.2 Å². The molecule has 1 fully saturated rings. The lowest BCUT2D eigenvalue weighted by Gasteiger charge is -2.39. The van der Waals surface area contributed by atoms with E-state index in [0.29, 0.717) is 0 Å². The number of hydrogen-bond acceptors (Lipinski definition) is 0. The zero-order valence-electron chi connectivity index (χ0n) is 8.56. The first-order chi connectivity index (χ1) is 6.92. The van der Waals surface area contributed by atoms with Crippen LogP contribution in [0.2, 0.25) is 0 Å². The second-order valence-corrected chi connectivity index (χ2v) is 4.49. The monoisotopic (exact) mass is 214 g/mol. The van der Waals surface area contributed by atoms with Gasteiger partial charge in [0.05, 0.1) is 5.56 Å². The standard InChI is InChI=1S/C12H13F3/c1-11(7-2-8-11)9-3-5-10(6-4-9)12(13,14)15/h3-6H,2,7-8H2,1H3. The molecule has 82 valence electrons. The van der Waals surface area contributed by atoms with Gasteiger partial charge in [-0.25, -0.2) is 0 Å². The largest absolute Gasteiger partial charge is 0.416 e. The van der Waals surface area contributed by atoms with Gasteiger partial charge in [-0.1, -0.05) is 25.5 Å². The number of benzene rings is 1. The molecule has 0 bridgehead atoms. The molecule has 1 aromatic carbocycles. The van der Waals surface area contributed by atoms with E-state index < -0.39 is 11.7 Å². The summed E-state index contributed by atoms with van der Waals surface area (Å²) in [5, 5.41) is 0. The van der Waals surface area contributed by atoms with Crippen molar-refractivity contribution in [2.75, 3.05) is 0 Å². The molecule has 0 nitrogen and oxygen atoms in total. The Balaban J connectivity index is 2.24. The summed E-state index contributed by atoms with van der Waals surface area (Å²) in [4.78, 5) is 0. The Morgan fingerprint density at radius 3 is 1.93 bits per heavy atom. The molecule has 0 atom stereocenters. The summed E-state index contributed by atoms with van der Waals surface area (Å²) >= 11 is 0. The van der Waals surface area contributed by atoms with Crippen molar-refractivity contribution in [3.63, 3.8) is 0 Å².